The van der Waals surface area contributed by atoms with Gasteiger partial charge in [-0.2, -0.15) is 13.2 Å². The highest BCUT2D eigenvalue weighted by Gasteiger charge is 2.34. The second-order valence-corrected chi connectivity index (χ2v) is 5.10. The van der Waals surface area contributed by atoms with Crippen LogP contribution in [0.15, 0.2) is 18.2 Å². The van der Waals surface area contributed by atoms with Gasteiger partial charge in [0.25, 0.3) is 0 Å². The third kappa shape index (κ3) is 4.11. The Hall–Kier alpha value is -1.27. The third-order valence-electron chi connectivity index (χ3n) is 3.64. The second kappa shape index (κ2) is 6.66. The minimum Gasteiger partial charge on any atom is -0.497 e. The summed E-state index contributed by atoms with van der Waals surface area (Å²) >= 11 is 0. The fourth-order valence-corrected chi connectivity index (χ4v) is 2.74. The summed E-state index contributed by atoms with van der Waals surface area (Å²) in [6.07, 6.45) is -3.51. The largest absolute Gasteiger partial charge is 0.497 e. The molecule has 1 N–H and O–H groups in total. The SMILES string of the molecule is CCNC1c2ccc(OC)cc2CCC1OCC(F)(F)F. The van der Waals surface area contributed by atoms with E-state index in [2.05, 4.69) is 5.32 Å². The summed E-state index contributed by atoms with van der Waals surface area (Å²) in [5, 5.41) is 3.23. The Bertz CT molecular complexity index is 476. The van der Waals surface area contributed by atoms with Gasteiger partial charge in [0.2, 0.25) is 0 Å². The first-order valence-electron chi connectivity index (χ1n) is 7.03. The normalized spacial score (nSPS) is 22.0. The van der Waals surface area contributed by atoms with Gasteiger partial charge in [0.1, 0.15) is 12.4 Å². The van der Waals surface area contributed by atoms with Gasteiger partial charge in [-0.1, -0.05) is 13.0 Å². The molecular weight excluding hydrogens is 283 g/mol. The number of alkyl halides is 3. The van der Waals surface area contributed by atoms with Crippen molar-refractivity contribution >= 4 is 0 Å². The van der Waals surface area contributed by atoms with E-state index in [1.54, 1.807) is 7.11 Å². The van der Waals surface area contributed by atoms with E-state index in [0.717, 1.165) is 16.9 Å². The molecule has 0 spiro atoms. The number of ether oxygens (including phenoxy) is 2. The number of methoxy groups -OCH3 is 1. The minimum absolute atomic E-state index is 0.216. The van der Waals surface area contributed by atoms with Gasteiger partial charge < -0.3 is 14.8 Å². The molecule has 0 amide bonds. The summed E-state index contributed by atoms with van der Waals surface area (Å²) in [5.74, 6) is 0.763. The van der Waals surface area contributed by atoms with Crippen LogP contribution in [0.2, 0.25) is 0 Å². The highest BCUT2D eigenvalue weighted by Crippen LogP contribution is 2.34. The molecule has 118 valence electrons. The molecule has 0 saturated heterocycles. The van der Waals surface area contributed by atoms with Crippen LogP contribution < -0.4 is 10.1 Å². The zero-order chi connectivity index (χ0) is 15.5. The van der Waals surface area contributed by atoms with Crippen molar-refractivity contribution in [1.82, 2.24) is 5.32 Å². The fourth-order valence-electron chi connectivity index (χ4n) is 2.74. The maximum atomic E-state index is 12.4. The molecular formula is C15H20F3NO2. The molecule has 2 unspecified atom stereocenters. The van der Waals surface area contributed by atoms with Gasteiger partial charge in [-0.15, -0.1) is 0 Å². The molecule has 0 bridgehead atoms. The van der Waals surface area contributed by atoms with Crippen LogP contribution in [-0.2, 0) is 11.2 Å². The van der Waals surface area contributed by atoms with Crippen LogP contribution >= 0.6 is 0 Å². The predicted octanol–water partition coefficient (Wildman–Crippen LogP) is 3.24. The molecule has 3 nitrogen and oxygen atoms in total. The van der Waals surface area contributed by atoms with Gasteiger partial charge in [0, 0.05) is 0 Å². The van der Waals surface area contributed by atoms with Gasteiger partial charge >= 0.3 is 6.18 Å². The van der Waals surface area contributed by atoms with E-state index in [1.807, 2.05) is 25.1 Å². The first kappa shape index (κ1) is 16.1. The number of rotatable bonds is 5. The summed E-state index contributed by atoms with van der Waals surface area (Å²) in [6, 6.07) is 5.46. The maximum absolute atomic E-state index is 12.4. The zero-order valence-corrected chi connectivity index (χ0v) is 12.2. The van der Waals surface area contributed by atoms with E-state index in [4.69, 9.17) is 9.47 Å². The van der Waals surface area contributed by atoms with Crippen LogP contribution in [0.25, 0.3) is 0 Å². The van der Waals surface area contributed by atoms with Crippen molar-refractivity contribution in [1.29, 1.82) is 0 Å². The molecule has 0 aliphatic heterocycles. The van der Waals surface area contributed by atoms with E-state index in [-0.39, 0.29) is 6.04 Å². The highest BCUT2D eigenvalue weighted by atomic mass is 19.4. The van der Waals surface area contributed by atoms with Crippen LogP contribution in [0.1, 0.15) is 30.5 Å². The third-order valence-corrected chi connectivity index (χ3v) is 3.64. The number of hydrogen-bond acceptors (Lipinski definition) is 3. The Kier molecular flexibility index (Phi) is 5.11. The average Bonchev–Trinajstić information content (AvgIpc) is 2.45. The fraction of sp³-hybridized carbons (Fsp3) is 0.600. The predicted molar refractivity (Wildman–Crippen MR) is 73.5 cm³/mol. The van der Waals surface area contributed by atoms with Crippen molar-refractivity contribution in [3.63, 3.8) is 0 Å². The molecule has 1 aliphatic rings. The number of likely N-dealkylation sites (N-methyl/N-ethyl adjacent to an activating group) is 1. The standard InChI is InChI=1S/C15H20F3NO2/c1-3-19-14-12-6-5-11(20-2)8-10(12)4-7-13(14)21-9-15(16,17)18/h5-6,8,13-14,19H,3-4,7,9H2,1-2H3. The molecule has 0 saturated carbocycles. The summed E-state index contributed by atoms with van der Waals surface area (Å²) < 4.78 is 47.4. The zero-order valence-electron chi connectivity index (χ0n) is 12.2. The minimum atomic E-state index is -4.29. The lowest BCUT2D eigenvalue weighted by Crippen LogP contribution is -2.39. The van der Waals surface area contributed by atoms with Crippen molar-refractivity contribution in [3.8, 4) is 5.75 Å². The Labute approximate surface area is 122 Å². The lowest BCUT2D eigenvalue weighted by Gasteiger charge is -2.34. The molecule has 0 aromatic heterocycles. The Balaban J connectivity index is 2.18. The Morgan fingerprint density at radius 3 is 2.71 bits per heavy atom. The highest BCUT2D eigenvalue weighted by molar-refractivity contribution is 5.40. The average molecular weight is 303 g/mol. The number of halogens is 3. The van der Waals surface area contributed by atoms with Crippen molar-refractivity contribution in [2.75, 3.05) is 20.3 Å². The monoisotopic (exact) mass is 303 g/mol. The molecule has 2 rings (SSSR count). The van der Waals surface area contributed by atoms with E-state index in [9.17, 15) is 13.2 Å². The van der Waals surface area contributed by atoms with Crippen molar-refractivity contribution in [2.45, 2.75) is 38.1 Å². The van der Waals surface area contributed by atoms with Crippen LogP contribution in [0, 0.1) is 0 Å². The lowest BCUT2D eigenvalue weighted by atomic mass is 9.85. The number of benzene rings is 1. The summed E-state index contributed by atoms with van der Waals surface area (Å²) in [6.45, 7) is 1.39. The van der Waals surface area contributed by atoms with Gasteiger partial charge in [0.05, 0.1) is 19.3 Å². The van der Waals surface area contributed by atoms with Gasteiger partial charge in [-0.25, -0.2) is 0 Å². The Morgan fingerprint density at radius 2 is 2.10 bits per heavy atom. The van der Waals surface area contributed by atoms with Gasteiger partial charge in [0.15, 0.2) is 0 Å². The second-order valence-electron chi connectivity index (χ2n) is 5.10. The van der Waals surface area contributed by atoms with Gasteiger partial charge in [-0.05, 0) is 42.6 Å². The molecule has 2 atom stereocenters. The first-order valence-corrected chi connectivity index (χ1v) is 7.03. The molecule has 1 aromatic carbocycles. The van der Waals surface area contributed by atoms with Crippen LogP contribution in [-0.4, -0.2) is 32.5 Å². The number of hydrogen-bond donors (Lipinski definition) is 1. The van der Waals surface area contributed by atoms with Crippen molar-refractivity contribution in [3.05, 3.63) is 29.3 Å². The summed E-state index contributed by atoms with van der Waals surface area (Å²) in [5.41, 5.74) is 2.10. The Morgan fingerprint density at radius 1 is 1.33 bits per heavy atom. The van der Waals surface area contributed by atoms with E-state index in [0.29, 0.717) is 19.4 Å². The topological polar surface area (TPSA) is 30.5 Å². The summed E-state index contributed by atoms with van der Waals surface area (Å²) in [4.78, 5) is 0. The molecule has 0 heterocycles. The number of aryl methyl sites for hydroxylation is 1. The van der Waals surface area contributed by atoms with Crippen LogP contribution in [0.5, 0.6) is 5.75 Å². The maximum Gasteiger partial charge on any atom is 0.411 e. The van der Waals surface area contributed by atoms with Crippen LogP contribution in [0.4, 0.5) is 13.2 Å². The molecule has 6 heteroatoms. The first-order chi connectivity index (χ1) is 9.94. The molecule has 0 radical (unpaired) electrons. The number of fused-ring (bicyclic) bond motifs is 1. The quantitative estimate of drug-likeness (QED) is 0.906. The van der Waals surface area contributed by atoms with E-state index < -0.39 is 18.9 Å². The van der Waals surface area contributed by atoms with E-state index >= 15 is 0 Å². The van der Waals surface area contributed by atoms with Crippen LogP contribution in [0.3, 0.4) is 0 Å². The molecule has 21 heavy (non-hydrogen) atoms. The van der Waals surface area contributed by atoms with Gasteiger partial charge in [-0.3, -0.25) is 0 Å². The summed E-state index contributed by atoms with van der Waals surface area (Å²) in [7, 11) is 1.60. The smallest absolute Gasteiger partial charge is 0.411 e. The lowest BCUT2D eigenvalue weighted by molar-refractivity contribution is -0.189. The molecule has 0 fully saturated rings. The molecule has 1 aromatic rings. The number of nitrogens with one attached hydrogen (secondary N) is 1. The van der Waals surface area contributed by atoms with Crippen molar-refractivity contribution in [2.24, 2.45) is 0 Å². The van der Waals surface area contributed by atoms with Crippen molar-refractivity contribution < 1.29 is 22.6 Å². The molecule has 1 aliphatic carbocycles. The van der Waals surface area contributed by atoms with E-state index in [1.165, 1.54) is 0 Å².